The molecule has 0 saturated heterocycles. The monoisotopic (exact) mass is 623 g/mol. The molecule has 0 radical (unpaired) electrons. The number of benzene rings is 6. The van der Waals surface area contributed by atoms with E-state index in [1.807, 2.05) is 18.3 Å². The maximum atomic E-state index is 5.45. The number of rotatable bonds is 4. The van der Waals surface area contributed by atoms with Gasteiger partial charge in [-0.2, -0.15) is 0 Å². The minimum absolute atomic E-state index is 0.494. The van der Waals surface area contributed by atoms with Crippen LogP contribution in [0.3, 0.4) is 0 Å². The number of hydrogen-bond acceptors (Lipinski definition) is 3. The summed E-state index contributed by atoms with van der Waals surface area (Å²) in [5.41, 5.74) is 16.5. The molecule has 2 heterocycles. The van der Waals surface area contributed by atoms with Gasteiger partial charge in [-0.05, 0) is 56.6 Å². The molecular formula is C46H29N3. The topological polar surface area (TPSA) is 38.7 Å². The zero-order valence-corrected chi connectivity index (χ0v) is 26.6. The summed E-state index contributed by atoms with van der Waals surface area (Å²) in [7, 11) is 0. The maximum absolute atomic E-state index is 5.45. The molecule has 2 aliphatic carbocycles. The first-order chi connectivity index (χ1) is 24.3. The van der Waals surface area contributed by atoms with Crippen molar-refractivity contribution in [1.29, 1.82) is 0 Å². The quantitative estimate of drug-likeness (QED) is 0.196. The molecule has 0 aliphatic heterocycles. The van der Waals surface area contributed by atoms with E-state index in [0.29, 0.717) is 0 Å². The molecule has 0 N–H and O–H groups in total. The molecule has 0 saturated carbocycles. The molecule has 3 heteroatoms. The minimum atomic E-state index is -0.494. The van der Waals surface area contributed by atoms with Crippen molar-refractivity contribution in [1.82, 2.24) is 15.0 Å². The molecule has 49 heavy (non-hydrogen) atoms. The molecule has 2 aromatic heterocycles. The Bertz CT molecular complexity index is 2420. The highest BCUT2D eigenvalue weighted by molar-refractivity contribution is 5.94. The van der Waals surface area contributed by atoms with Crippen LogP contribution >= 0.6 is 0 Å². The van der Waals surface area contributed by atoms with Crippen molar-refractivity contribution in [2.24, 2.45) is 0 Å². The van der Waals surface area contributed by atoms with Crippen LogP contribution in [0.2, 0.25) is 0 Å². The summed E-state index contributed by atoms with van der Waals surface area (Å²) < 4.78 is 0. The van der Waals surface area contributed by atoms with Crippen molar-refractivity contribution in [3.05, 3.63) is 198 Å². The van der Waals surface area contributed by atoms with Gasteiger partial charge in [0, 0.05) is 28.5 Å². The van der Waals surface area contributed by atoms with Gasteiger partial charge in [-0.25, -0.2) is 15.0 Å². The van der Waals surface area contributed by atoms with Crippen LogP contribution in [0.4, 0.5) is 0 Å². The number of nitrogens with zero attached hydrogens (tertiary/aromatic N) is 3. The summed E-state index contributed by atoms with van der Waals surface area (Å²) in [4.78, 5) is 15.6. The standard InChI is InChI=1S/C46H29N3/c1-3-13-30(14-4-1)34-27-42(31-15-5-2-6-16-31)48-43(28-34)32-23-25-33(26-24-32)45-47-29-38-37-19-9-12-22-41(37)46(44(38)49-45)39-20-10-7-17-35(39)36-18-8-11-21-40(36)46/h1-29H. The second kappa shape index (κ2) is 10.8. The van der Waals surface area contributed by atoms with Crippen molar-refractivity contribution >= 4 is 0 Å². The van der Waals surface area contributed by atoms with Crippen molar-refractivity contribution in [3.8, 4) is 67.3 Å². The molecule has 0 amide bonds. The average Bonchev–Trinajstić information content (AvgIpc) is 3.66. The van der Waals surface area contributed by atoms with Crippen molar-refractivity contribution in [2.45, 2.75) is 5.41 Å². The van der Waals surface area contributed by atoms with Gasteiger partial charge in [0.05, 0.1) is 22.5 Å². The van der Waals surface area contributed by atoms with Crippen molar-refractivity contribution in [2.75, 3.05) is 0 Å². The molecule has 3 nitrogen and oxygen atoms in total. The highest BCUT2D eigenvalue weighted by atomic mass is 14.9. The van der Waals surface area contributed by atoms with Crippen LogP contribution in [0, 0.1) is 0 Å². The first kappa shape index (κ1) is 27.6. The zero-order valence-electron chi connectivity index (χ0n) is 26.6. The zero-order chi connectivity index (χ0) is 32.4. The largest absolute Gasteiger partial charge is 0.248 e. The van der Waals surface area contributed by atoms with Gasteiger partial charge >= 0.3 is 0 Å². The Labute approximate surface area is 285 Å². The third kappa shape index (κ3) is 4.12. The van der Waals surface area contributed by atoms with Crippen LogP contribution in [-0.4, -0.2) is 15.0 Å². The third-order valence-electron chi connectivity index (χ3n) is 10.2. The van der Waals surface area contributed by atoms with Gasteiger partial charge in [0.2, 0.25) is 0 Å². The highest BCUT2D eigenvalue weighted by Gasteiger charge is 2.53. The van der Waals surface area contributed by atoms with Crippen molar-refractivity contribution in [3.63, 3.8) is 0 Å². The summed E-state index contributed by atoms with van der Waals surface area (Å²) in [6.45, 7) is 0. The molecule has 10 rings (SSSR count). The van der Waals surface area contributed by atoms with Gasteiger partial charge in [0.1, 0.15) is 0 Å². The highest BCUT2D eigenvalue weighted by Crippen LogP contribution is 2.62. The summed E-state index contributed by atoms with van der Waals surface area (Å²) in [6.07, 6.45) is 2.03. The molecule has 1 spiro atoms. The van der Waals surface area contributed by atoms with E-state index in [-0.39, 0.29) is 0 Å². The van der Waals surface area contributed by atoms with Gasteiger partial charge in [0.25, 0.3) is 0 Å². The van der Waals surface area contributed by atoms with E-state index < -0.39 is 5.41 Å². The SMILES string of the molecule is c1ccc(-c2cc(-c3ccccc3)nc(-c3ccc(-c4ncc5c(n4)C4(c6ccccc6-c6ccccc64)c4ccccc4-5)cc3)c2)cc1. The van der Waals surface area contributed by atoms with Crippen LogP contribution in [0.15, 0.2) is 176 Å². The molecule has 0 bridgehead atoms. The van der Waals surface area contributed by atoms with E-state index in [9.17, 15) is 0 Å². The number of fused-ring (bicyclic) bond motifs is 10. The Morgan fingerprint density at radius 3 is 1.37 bits per heavy atom. The molecule has 0 atom stereocenters. The van der Waals surface area contributed by atoms with E-state index >= 15 is 0 Å². The number of aromatic nitrogens is 3. The molecule has 8 aromatic rings. The van der Waals surface area contributed by atoms with Crippen molar-refractivity contribution < 1.29 is 0 Å². The van der Waals surface area contributed by atoms with Gasteiger partial charge in [-0.1, -0.05) is 158 Å². The molecular weight excluding hydrogens is 595 g/mol. The lowest BCUT2D eigenvalue weighted by atomic mass is 9.72. The third-order valence-corrected chi connectivity index (χ3v) is 10.2. The normalized spacial score (nSPS) is 13.1. The predicted molar refractivity (Wildman–Crippen MR) is 198 cm³/mol. The Balaban J connectivity index is 1.10. The van der Waals surface area contributed by atoms with E-state index in [4.69, 9.17) is 15.0 Å². The predicted octanol–water partition coefficient (Wildman–Crippen LogP) is 10.9. The van der Waals surface area contributed by atoms with Gasteiger partial charge in [0.15, 0.2) is 5.82 Å². The Kier molecular flexibility index (Phi) is 6.09. The Hall–Kier alpha value is -6.45. The summed E-state index contributed by atoms with van der Waals surface area (Å²) in [5, 5.41) is 0. The van der Waals surface area contributed by atoms with Crippen LogP contribution in [0.25, 0.3) is 67.3 Å². The lowest BCUT2D eigenvalue weighted by Gasteiger charge is -2.29. The van der Waals surface area contributed by atoms with E-state index in [1.54, 1.807) is 0 Å². The van der Waals surface area contributed by atoms with Crippen LogP contribution in [-0.2, 0) is 5.41 Å². The lowest BCUT2D eigenvalue weighted by Crippen LogP contribution is -2.27. The lowest BCUT2D eigenvalue weighted by molar-refractivity contribution is 0.757. The Morgan fingerprint density at radius 2 is 0.796 bits per heavy atom. The minimum Gasteiger partial charge on any atom is -0.248 e. The summed E-state index contributed by atoms with van der Waals surface area (Å²) in [6, 6.07) is 60.1. The first-order valence-corrected chi connectivity index (χ1v) is 16.7. The van der Waals surface area contributed by atoms with Gasteiger partial charge < -0.3 is 0 Å². The van der Waals surface area contributed by atoms with E-state index in [1.165, 1.54) is 33.4 Å². The molecule has 0 fully saturated rings. The van der Waals surface area contributed by atoms with E-state index in [0.717, 1.165) is 56.3 Å². The summed E-state index contributed by atoms with van der Waals surface area (Å²) >= 11 is 0. The molecule has 228 valence electrons. The number of pyridine rings is 1. The van der Waals surface area contributed by atoms with Gasteiger partial charge in [-0.3, -0.25) is 0 Å². The van der Waals surface area contributed by atoms with E-state index in [2.05, 4.69) is 158 Å². The summed E-state index contributed by atoms with van der Waals surface area (Å²) in [5.74, 6) is 0.718. The van der Waals surface area contributed by atoms with Crippen LogP contribution < -0.4 is 0 Å². The number of hydrogen-bond donors (Lipinski definition) is 0. The second-order valence-electron chi connectivity index (χ2n) is 12.8. The fourth-order valence-electron chi connectivity index (χ4n) is 7.98. The molecule has 6 aromatic carbocycles. The smallest absolute Gasteiger partial charge is 0.159 e. The maximum Gasteiger partial charge on any atom is 0.159 e. The van der Waals surface area contributed by atoms with Crippen LogP contribution in [0.1, 0.15) is 22.4 Å². The fraction of sp³-hybridized carbons (Fsp3) is 0.0217. The Morgan fingerprint density at radius 1 is 0.347 bits per heavy atom. The van der Waals surface area contributed by atoms with Gasteiger partial charge in [-0.15, -0.1) is 0 Å². The second-order valence-corrected chi connectivity index (χ2v) is 12.8. The molecule has 0 unspecified atom stereocenters. The first-order valence-electron chi connectivity index (χ1n) is 16.7. The fourth-order valence-corrected chi connectivity index (χ4v) is 7.98. The van der Waals surface area contributed by atoms with Crippen LogP contribution in [0.5, 0.6) is 0 Å². The average molecular weight is 624 g/mol. The molecule has 2 aliphatic rings.